The highest BCUT2D eigenvalue weighted by Gasteiger charge is 2.19. The molecule has 1 aromatic heterocycles. The standard InChI is InChI=1S/C13H14BrN3O2/c1-8(7-18)15-13(19)12-10(14)11(16-17-12)9-5-3-2-4-6-9/h2-6,8,18H,7H2,1H3,(H,15,19)(H,16,17). The first kappa shape index (κ1) is 13.8. The minimum absolute atomic E-state index is 0.108. The Morgan fingerprint density at radius 1 is 1.47 bits per heavy atom. The number of amides is 1. The number of H-pyrrole nitrogens is 1. The summed E-state index contributed by atoms with van der Waals surface area (Å²) in [5.74, 6) is -0.303. The number of carbonyl (C=O) groups excluding carboxylic acids is 1. The summed E-state index contributed by atoms with van der Waals surface area (Å²) in [4.78, 5) is 12.0. The first-order chi connectivity index (χ1) is 9.13. The molecule has 6 heteroatoms. The summed E-state index contributed by atoms with van der Waals surface area (Å²) in [5.41, 5.74) is 1.95. The molecular formula is C13H14BrN3O2. The average molecular weight is 324 g/mol. The predicted octanol–water partition coefficient (Wildman–Crippen LogP) is 1.95. The van der Waals surface area contributed by atoms with Crippen molar-refractivity contribution in [3.05, 3.63) is 40.5 Å². The number of aliphatic hydroxyl groups excluding tert-OH is 1. The lowest BCUT2D eigenvalue weighted by molar-refractivity contribution is 0.0916. The molecule has 0 saturated carbocycles. The van der Waals surface area contributed by atoms with Crippen LogP contribution in [0.2, 0.25) is 0 Å². The largest absolute Gasteiger partial charge is 0.394 e. The maximum atomic E-state index is 12.0. The maximum absolute atomic E-state index is 12.0. The van der Waals surface area contributed by atoms with Gasteiger partial charge in [0.25, 0.3) is 5.91 Å². The summed E-state index contributed by atoms with van der Waals surface area (Å²) in [5, 5.41) is 18.4. The summed E-state index contributed by atoms with van der Waals surface area (Å²) >= 11 is 3.38. The predicted molar refractivity (Wildman–Crippen MR) is 75.7 cm³/mol. The van der Waals surface area contributed by atoms with Crippen molar-refractivity contribution in [1.29, 1.82) is 0 Å². The molecule has 0 radical (unpaired) electrons. The van der Waals surface area contributed by atoms with Gasteiger partial charge in [0.15, 0.2) is 0 Å². The van der Waals surface area contributed by atoms with E-state index in [1.165, 1.54) is 0 Å². The van der Waals surface area contributed by atoms with Gasteiger partial charge in [0.2, 0.25) is 0 Å². The zero-order valence-electron chi connectivity index (χ0n) is 10.4. The van der Waals surface area contributed by atoms with Gasteiger partial charge in [-0.2, -0.15) is 5.10 Å². The van der Waals surface area contributed by atoms with Crippen LogP contribution >= 0.6 is 15.9 Å². The molecule has 5 nitrogen and oxygen atoms in total. The van der Waals surface area contributed by atoms with Crippen molar-refractivity contribution in [1.82, 2.24) is 15.5 Å². The van der Waals surface area contributed by atoms with E-state index in [4.69, 9.17) is 5.11 Å². The molecular weight excluding hydrogens is 310 g/mol. The van der Waals surface area contributed by atoms with E-state index in [0.717, 1.165) is 5.56 Å². The van der Waals surface area contributed by atoms with Crippen LogP contribution in [0, 0.1) is 0 Å². The maximum Gasteiger partial charge on any atom is 0.270 e. The van der Waals surface area contributed by atoms with Crippen LogP contribution < -0.4 is 5.32 Å². The van der Waals surface area contributed by atoms with Gasteiger partial charge < -0.3 is 10.4 Å². The Labute approximate surface area is 119 Å². The second-order valence-electron chi connectivity index (χ2n) is 4.18. The zero-order chi connectivity index (χ0) is 13.8. The molecule has 1 unspecified atom stereocenters. The SMILES string of the molecule is CC(CO)NC(=O)c1[nH]nc(-c2ccccc2)c1Br. The molecule has 100 valence electrons. The molecule has 2 rings (SSSR count). The molecule has 0 bridgehead atoms. The molecule has 0 aliphatic heterocycles. The zero-order valence-corrected chi connectivity index (χ0v) is 11.9. The molecule has 0 aliphatic rings. The molecule has 1 aromatic carbocycles. The summed E-state index contributed by atoms with van der Waals surface area (Å²) < 4.78 is 0.612. The molecule has 0 saturated heterocycles. The van der Waals surface area contributed by atoms with Gasteiger partial charge in [-0.15, -0.1) is 0 Å². The van der Waals surface area contributed by atoms with Crippen LogP contribution in [0.25, 0.3) is 11.3 Å². The first-order valence-electron chi connectivity index (χ1n) is 5.84. The summed E-state index contributed by atoms with van der Waals surface area (Å²) in [6.07, 6.45) is 0. The van der Waals surface area contributed by atoms with Gasteiger partial charge in [0.05, 0.1) is 11.1 Å². The van der Waals surface area contributed by atoms with E-state index in [-0.39, 0.29) is 18.6 Å². The Bertz CT molecular complexity index is 569. The van der Waals surface area contributed by atoms with Crippen molar-refractivity contribution in [2.75, 3.05) is 6.61 Å². The normalized spacial score (nSPS) is 12.2. The molecule has 1 atom stereocenters. The van der Waals surface area contributed by atoms with Gasteiger partial charge in [-0.1, -0.05) is 30.3 Å². The van der Waals surface area contributed by atoms with Crippen LogP contribution in [0.4, 0.5) is 0 Å². The topological polar surface area (TPSA) is 78.0 Å². The van der Waals surface area contributed by atoms with E-state index in [2.05, 4.69) is 31.4 Å². The number of benzene rings is 1. The highest BCUT2D eigenvalue weighted by Crippen LogP contribution is 2.28. The second-order valence-corrected chi connectivity index (χ2v) is 4.98. The number of aliphatic hydroxyl groups is 1. The number of nitrogens with zero attached hydrogens (tertiary/aromatic N) is 1. The Morgan fingerprint density at radius 2 is 2.16 bits per heavy atom. The van der Waals surface area contributed by atoms with Crippen molar-refractivity contribution in [3.63, 3.8) is 0 Å². The Kier molecular flexibility index (Phi) is 4.34. The summed E-state index contributed by atoms with van der Waals surface area (Å²) in [7, 11) is 0. The van der Waals surface area contributed by atoms with E-state index in [1.807, 2.05) is 30.3 Å². The van der Waals surface area contributed by atoms with Crippen LogP contribution in [0.3, 0.4) is 0 Å². The smallest absolute Gasteiger partial charge is 0.270 e. The number of nitrogens with one attached hydrogen (secondary N) is 2. The first-order valence-corrected chi connectivity index (χ1v) is 6.63. The third-order valence-electron chi connectivity index (χ3n) is 2.63. The van der Waals surface area contributed by atoms with Crippen molar-refractivity contribution >= 4 is 21.8 Å². The number of aromatic nitrogens is 2. The van der Waals surface area contributed by atoms with Gasteiger partial charge in [-0.05, 0) is 22.9 Å². The lowest BCUT2D eigenvalue weighted by Gasteiger charge is -2.09. The van der Waals surface area contributed by atoms with Crippen molar-refractivity contribution in [3.8, 4) is 11.3 Å². The molecule has 0 fully saturated rings. The third kappa shape index (κ3) is 3.02. The van der Waals surface area contributed by atoms with E-state index < -0.39 is 0 Å². The number of rotatable bonds is 4. The van der Waals surface area contributed by atoms with Gasteiger partial charge in [0, 0.05) is 11.6 Å². The van der Waals surface area contributed by atoms with Gasteiger partial charge in [-0.3, -0.25) is 9.89 Å². The number of hydrogen-bond acceptors (Lipinski definition) is 3. The quantitative estimate of drug-likeness (QED) is 0.804. The van der Waals surface area contributed by atoms with E-state index >= 15 is 0 Å². The van der Waals surface area contributed by atoms with E-state index in [0.29, 0.717) is 15.9 Å². The third-order valence-corrected chi connectivity index (χ3v) is 3.40. The minimum Gasteiger partial charge on any atom is -0.394 e. The molecule has 1 heterocycles. The summed E-state index contributed by atoms with van der Waals surface area (Å²) in [6.45, 7) is 1.61. The van der Waals surface area contributed by atoms with Gasteiger partial charge in [0.1, 0.15) is 11.4 Å². The van der Waals surface area contributed by atoms with E-state index in [1.54, 1.807) is 6.92 Å². The second kappa shape index (κ2) is 5.99. The highest BCUT2D eigenvalue weighted by atomic mass is 79.9. The lowest BCUT2D eigenvalue weighted by atomic mass is 10.1. The van der Waals surface area contributed by atoms with E-state index in [9.17, 15) is 4.79 Å². The molecule has 0 aliphatic carbocycles. The Balaban J connectivity index is 2.26. The molecule has 3 N–H and O–H groups in total. The van der Waals surface area contributed by atoms with Crippen LogP contribution in [0.5, 0.6) is 0 Å². The number of aromatic amines is 1. The van der Waals surface area contributed by atoms with Crippen molar-refractivity contribution < 1.29 is 9.90 Å². The van der Waals surface area contributed by atoms with Crippen LogP contribution in [-0.4, -0.2) is 33.9 Å². The van der Waals surface area contributed by atoms with Crippen molar-refractivity contribution in [2.45, 2.75) is 13.0 Å². The fraction of sp³-hybridized carbons (Fsp3) is 0.231. The van der Waals surface area contributed by atoms with Crippen LogP contribution in [0.1, 0.15) is 17.4 Å². The summed E-state index contributed by atoms with van der Waals surface area (Å²) in [6, 6.07) is 9.26. The highest BCUT2D eigenvalue weighted by molar-refractivity contribution is 9.10. The van der Waals surface area contributed by atoms with Crippen molar-refractivity contribution in [2.24, 2.45) is 0 Å². The minimum atomic E-state index is -0.303. The number of hydrogen-bond donors (Lipinski definition) is 3. The van der Waals surface area contributed by atoms with Crippen LogP contribution in [0.15, 0.2) is 34.8 Å². The van der Waals surface area contributed by atoms with Gasteiger partial charge >= 0.3 is 0 Å². The van der Waals surface area contributed by atoms with Gasteiger partial charge in [-0.25, -0.2) is 0 Å². The molecule has 0 spiro atoms. The monoisotopic (exact) mass is 323 g/mol. The lowest BCUT2D eigenvalue weighted by Crippen LogP contribution is -2.35. The number of halogens is 1. The molecule has 19 heavy (non-hydrogen) atoms. The molecule has 1 amide bonds. The van der Waals surface area contributed by atoms with Crippen LogP contribution in [-0.2, 0) is 0 Å². The molecule has 2 aromatic rings. The number of carbonyl (C=O) groups is 1. The fourth-order valence-corrected chi connectivity index (χ4v) is 2.19. The Morgan fingerprint density at radius 3 is 2.79 bits per heavy atom. The average Bonchev–Trinajstić information content (AvgIpc) is 2.81. The fourth-order valence-electron chi connectivity index (χ4n) is 1.61. The Hall–Kier alpha value is -1.66.